The molecule has 0 amide bonds. The molecule has 0 aliphatic heterocycles. The van der Waals surface area contributed by atoms with Crippen LogP contribution in [0.2, 0.25) is 0 Å². The summed E-state index contributed by atoms with van der Waals surface area (Å²) in [5.41, 5.74) is 0. The van der Waals surface area contributed by atoms with Crippen LogP contribution in [0.25, 0.3) is 0 Å². The molecule has 1 saturated carbocycles. The molecule has 0 spiro atoms. The zero-order chi connectivity index (χ0) is 10.6. The van der Waals surface area contributed by atoms with Gasteiger partial charge in [-0.25, -0.2) is 13.6 Å². The third kappa shape index (κ3) is 4.39. The minimum atomic E-state index is -3.35. The molecule has 0 aromatic rings. The number of ether oxygens (including phenoxy) is 1. The molecule has 0 saturated heterocycles. The van der Waals surface area contributed by atoms with Gasteiger partial charge in [0.2, 0.25) is 10.0 Å². The second kappa shape index (κ2) is 5.09. The molecule has 0 heterocycles. The van der Waals surface area contributed by atoms with Crippen molar-refractivity contribution < 1.29 is 13.2 Å². The van der Waals surface area contributed by atoms with E-state index in [2.05, 4.69) is 0 Å². The van der Waals surface area contributed by atoms with Gasteiger partial charge in [-0.2, -0.15) is 0 Å². The lowest BCUT2D eigenvalue weighted by atomic mass is 9.96. The molecule has 2 N–H and O–H groups in total. The van der Waals surface area contributed by atoms with Crippen molar-refractivity contribution >= 4 is 10.0 Å². The summed E-state index contributed by atoms with van der Waals surface area (Å²) in [6.45, 7) is 2.48. The molecule has 5 heteroatoms. The van der Waals surface area contributed by atoms with Gasteiger partial charge in [-0.3, -0.25) is 0 Å². The molecular weight excluding hydrogens is 202 g/mol. The Morgan fingerprint density at radius 2 is 2.14 bits per heavy atom. The van der Waals surface area contributed by atoms with Crippen LogP contribution in [0.5, 0.6) is 0 Å². The van der Waals surface area contributed by atoms with Crippen molar-refractivity contribution in [1.29, 1.82) is 0 Å². The number of hydrogen-bond donors (Lipinski definition) is 1. The molecule has 1 unspecified atom stereocenters. The first-order valence-corrected chi connectivity index (χ1v) is 6.85. The van der Waals surface area contributed by atoms with Crippen molar-refractivity contribution in [3.05, 3.63) is 0 Å². The zero-order valence-electron chi connectivity index (χ0n) is 8.61. The van der Waals surface area contributed by atoms with Crippen LogP contribution in [0.3, 0.4) is 0 Å². The molecule has 1 rings (SSSR count). The second-order valence-corrected chi connectivity index (χ2v) is 5.65. The average molecular weight is 221 g/mol. The Kier molecular flexibility index (Phi) is 4.34. The topological polar surface area (TPSA) is 69.4 Å². The number of sulfonamides is 1. The van der Waals surface area contributed by atoms with Crippen molar-refractivity contribution in [2.24, 2.45) is 11.1 Å². The molecule has 0 aromatic heterocycles. The average Bonchev–Trinajstić information content (AvgIpc) is 1.97. The predicted octanol–water partition coefficient (Wildman–Crippen LogP) is 0.870. The Morgan fingerprint density at radius 1 is 1.50 bits per heavy atom. The van der Waals surface area contributed by atoms with Crippen LogP contribution in [0, 0.1) is 5.92 Å². The smallest absolute Gasteiger partial charge is 0.209 e. The van der Waals surface area contributed by atoms with Gasteiger partial charge in [0.1, 0.15) is 0 Å². The Labute approximate surface area is 85.9 Å². The van der Waals surface area contributed by atoms with Gasteiger partial charge in [0.25, 0.3) is 0 Å². The first-order valence-electron chi connectivity index (χ1n) is 5.13. The maximum atomic E-state index is 10.9. The lowest BCUT2D eigenvalue weighted by Crippen LogP contribution is -2.29. The zero-order valence-corrected chi connectivity index (χ0v) is 9.42. The van der Waals surface area contributed by atoms with Gasteiger partial charge >= 0.3 is 0 Å². The third-order valence-electron chi connectivity index (χ3n) is 2.67. The summed E-state index contributed by atoms with van der Waals surface area (Å²) in [7, 11) is -3.35. The molecule has 14 heavy (non-hydrogen) atoms. The molecule has 84 valence electrons. The van der Waals surface area contributed by atoms with Gasteiger partial charge in [-0.05, 0) is 25.2 Å². The molecule has 1 aliphatic rings. The van der Waals surface area contributed by atoms with Gasteiger partial charge in [0, 0.05) is 0 Å². The Morgan fingerprint density at radius 3 is 2.50 bits per heavy atom. The van der Waals surface area contributed by atoms with E-state index in [1.807, 2.05) is 6.92 Å². The summed E-state index contributed by atoms with van der Waals surface area (Å²) in [4.78, 5) is 0. The van der Waals surface area contributed by atoms with Crippen molar-refractivity contribution in [3.63, 3.8) is 0 Å². The van der Waals surface area contributed by atoms with Crippen LogP contribution in [-0.2, 0) is 14.8 Å². The molecular formula is C9H19NO3S. The summed E-state index contributed by atoms with van der Waals surface area (Å²) in [6, 6.07) is 0. The van der Waals surface area contributed by atoms with E-state index >= 15 is 0 Å². The normalized spacial score (nSPS) is 20.4. The van der Waals surface area contributed by atoms with Crippen LogP contribution < -0.4 is 5.14 Å². The fraction of sp³-hybridized carbons (Fsp3) is 1.00. The first-order chi connectivity index (χ1) is 6.51. The number of hydrogen-bond acceptors (Lipinski definition) is 3. The van der Waals surface area contributed by atoms with E-state index in [1.165, 1.54) is 6.42 Å². The van der Waals surface area contributed by atoms with Crippen molar-refractivity contribution in [1.82, 2.24) is 0 Å². The summed E-state index contributed by atoms with van der Waals surface area (Å²) >= 11 is 0. The van der Waals surface area contributed by atoms with Gasteiger partial charge in [0.15, 0.2) is 0 Å². The first kappa shape index (κ1) is 11.9. The Bertz CT molecular complexity index is 259. The molecule has 0 aromatic carbocycles. The summed E-state index contributed by atoms with van der Waals surface area (Å²) in [6.07, 6.45) is 4.63. The Balaban J connectivity index is 2.23. The van der Waals surface area contributed by atoms with E-state index < -0.39 is 10.0 Å². The highest BCUT2D eigenvalue weighted by Gasteiger charge is 2.21. The maximum absolute atomic E-state index is 10.9. The fourth-order valence-corrected chi connectivity index (χ4v) is 2.41. The molecule has 4 nitrogen and oxygen atoms in total. The van der Waals surface area contributed by atoms with Gasteiger partial charge in [-0.1, -0.05) is 13.3 Å². The lowest BCUT2D eigenvalue weighted by Gasteiger charge is -2.27. The van der Waals surface area contributed by atoms with E-state index in [-0.39, 0.29) is 11.7 Å². The van der Waals surface area contributed by atoms with Crippen molar-refractivity contribution in [2.75, 3.05) is 12.4 Å². The standard InChI is InChI=1S/C9H19NO3S/c1-2-8(7-14(10,11)12)6-13-9-4-3-5-9/h8-9H,2-7H2,1H3,(H2,10,11,12). The Hall–Kier alpha value is -0.130. The van der Waals surface area contributed by atoms with Crippen LogP contribution in [0.15, 0.2) is 0 Å². The van der Waals surface area contributed by atoms with E-state index in [0.29, 0.717) is 12.7 Å². The largest absolute Gasteiger partial charge is 0.378 e. The fourth-order valence-electron chi connectivity index (χ4n) is 1.42. The molecule has 1 atom stereocenters. The SMILES string of the molecule is CCC(COC1CCC1)CS(N)(=O)=O. The van der Waals surface area contributed by atoms with Gasteiger partial charge < -0.3 is 4.74 Å². The van der Waals surface area contributed by atoms with Gasteiger partial charge in [0.05, 0.1) is 18.5 Å². The monoisotopic (exact) mass is 221 g/mol. The molecule has 0 bridgehead atoms. The van der Waals surface area contributed by atoms with Crippen LogP contribution in [-0.4, -0.2) is 26.9 Å². The summed E-state index contributed by atoms with van der Waals surface area (Å²) in [5.74, 6) is 0.0848. The minimum Gasteiger partial charge on any atom is -0.378 e. The van der Waals surface area contributed by atoms with Crippen molar-refractivity contribution in [3.8, 4) is 0 Å². The van der Waals surface area contributed by atoms with Crippen LogP contribution in [0.1, 0.15) is 32.6 Å². The summed E-state index contributed by atoms with van der Waals surface area (Å²) in [5, 5.41) is 4.98. The molecule has 1 aliphatic carbocycles. The lowest BCUT2D eigenvalue weighted by molar-refractivity contribution is -0.0131. The van der Waals surface area contributed by atoms with Crippen LogP contribution >= 0.6 is 0 Å². The highest BCUT2D eigenvalue weighted by molar-refractivity contribution is 7.89. The maximum Gasteiger partial charge on any atom is 0.209 e. The third-order valence-corrected chi connectivity index (χ3v) is 3.60. The van der Waals surface area contributed by atoms with E-state index in [0.717, 1.165) is 19.3 Å². The van der Waals surface area contributed by atoms with Gasteiger partial charge in [-0.15, -0.1) is 0 Å². The van der Waals surface area contributed by atoms with E-state index in [9.17, 15) is 8.42 Å². The molecule has 1 fully saturated rings. The van der Waals surface area contributed by atoms with Crippen LogP contribution in [0.4, 0.5) is 0 Å². The van der Waals surface area contributed by atoms with E-state index in [1.54, 1.807) is 0 Å². The summed E-state index contributed by atoms with van der Waals surface area (Å²) < 4.78 is 27.3. The highest BCUT2D eigenvalue weighted by Crippen LogP contribution is 2.23. The van der Waals surface area contributed by atoms with Crippen molar-refractivity contribution in [2.45, 2.75) is 38.7 Å². The number of nitrogens with two attached hydrogens (primary N) is 1. The number of rotatable bonds is 6. The molecule has 0 radical (unpaired) electrons. The second-order valence-electron chi connectivity index (χ2n) is 3.99. The quantitative estimate of drug-likeness (QED) is 0.723. The highest BCUT2D eigenvalue weighted by atomic mass is 32.2. The number of primary sulfonamides is 1. The minimum absolute atomic E-state index is 0.0379. The van der Waals surface area contributed by atoms with E-state index in [4.69, 9.17) is 9.88 Å². The predicted molar refractivity (Wildman–Crippen MR) is 55.3 cm³/mol.